The summed E-state index contributed by atoms with van der Waals surface area (Å²) in [5, 5.41) is 18.0. The maximum atomic E-state index is 12.1. The molecule has 1 aliphatic rings. The molecule has 25 heavy (non-hydrogen) atoms. The third kappa shape index (κ3) is 5.47. The summed E-state index contributed by atoms with van der Waals surface area (Å²) in [6.45, 7) is 5.38. The van der Waals surface area contributed by atoms with Crippen LogP contribution in [0.5, 0.6) is 0 Å². The Bertz CT molecular complexity index is 546. The van der Waals surface area contributed by atoms with Crippen molar-refractivity contribution in [1.82, 2.24) is 0 Å². The zero-order chi connectivity index (χ0) is 19.4. The second-order valence-corrected chi connectivity index (χ2v) is 7.70. The molecule has 0 aromatic heterocycles. The van der Waals surface area contributed by atoms with Crippen LogP contribution in [-0.2, 0) is 28.5 Å². The normalized spacial score (nSPS) is 17.9. The van der Waals surface area contributed by atoms with E-state index in [4.69, 9.17) is 19.5 Å². The summed E-state index contributed by atoms with van der Waals surface area (Å²) in [5.41, 5.74) is -2.57. The number of hydrogen-bond donors (Lipinski definition) is 2. The topological polar surface area (TPSA) is 127 Å². The Labute approximate surface area is 150 Å². The predicted molar refractivity (Wildman–Crippen MR) is 91.1 cm³/mol. The maximum Gasteiger partial charge on any atom is 0.531 e. The number of carbonyl (C=O) groups excluding carboxylic acids is 2. The van der Waals surface area contributed by atoms with Crippen molar-refractivity contribution in [3.8, 4) is 0 Å². The molecule has 0 bridgehead atoms. The Balaban J connectivity index is 2.80. The zero-order valence-electron chi connectivity index (χ0n) is 14.7. The van der Waals surface area contributed by atoms with Crippen LogP contribution in [0, 0.1) is 5.41 Å². The number of thioether (sulfide) groups is 1. The molecule has 1 aliphatic heterocycles. The van der Waals surface area contributed by atoms with Crippen LogP contribution in [0.25, 0.3) is 0 Å². The van der Waals surface area contributed by atoms with Gasteiger partial charge in [0, 0.05) is 11.2 Å². The molecular formula is C15H23BO8S. The zero-order valence-corrected chi connectivity index (χ0v) is 15.6. The molecule has 0 amide bonds. The van der Waals surface area contributed by atoms with Gasteiger partial charge >= 0.3 is 25.0 Å². The average Bonchev–Trinajstić information content (AvgIpc) is 2.79. The highest BCUT2D eigenvalue weighted by molar-refractivity contribution is 8.13. The highest BCUT2D eigenvalue weighted by Gasteiger charge is 2.56. The van der Waals surface area contributed by atoms with E-state index >= 15 is 0 Å². The number of hydrogen-bond acceptors (Lipinski definition) is 7. The predicted octanol–water partition coefficient (Wildman–Crippen LogP) is 1.82. The van der Waals surface area contributed by atoms with Gasteiger partial charge in [0.1, 0.15) is 0 Å². The number of aliphatic carboxylic acids is 2. The molecule has 0 radical (unpaired) electrons. The van der Waals surface area contributed by atoms with Gasteiger partial charge in [-0.2, -0.15) is 0 Å². The van der Waals surface area contributed by atoms with Crippen molar-refractivity contribution in [2.24, 2.45) is 5.41 Å². The summed E-state index contributed by atoms with van der Waals surface area (Å²) in [5.74, 6) is -3.99. The fourth-order valence-corrected chi connectivity index (χ4v) is 3.28. The summed E-state index contributed by atoms with van der Waals surface area (Å²) in [7, 11) is -1.04. The Hall–Kier alpha value is -1.55. The number of carboxylic acids is 2. The molecule has 0 aromatic carbocycles. The molecule has 10 heteroatoms. The molecule has 1 atom stereocenters. The molecule has 0 aromatic rings. The monoisotopic (exact) mass is 374 g/mol. The Kier molecular flexibility index (Phi) is 7.07. The lowest BCUT2D eigenvalue weighted by Crippen LogP contribution is -2.41. The molecule has 1 unspecified atom stereocenters. The molecule has 2 N–H and O–H groups in total. The maximum absolute atomic E-state index is 12.1. The third-order valence-electron chi connectivity index (χ3n) is 4.24. The van der Waals surface area contributed by atoms with Crippen LogP contribution in [0.4, 0.5) is 0 Å². The van der Waals surface area contributed by atoms with E-state index in [0.29, 0.717) is 12.8 Å². The van der Waals surface area contributed by atoms with Gasteiger partial charge in [0.25, 0.3) is 0 Å². The van der Waals surface area contributed by atoms with Crippen LogP contribution < -0.4 is 0 Å². The van der Waals surface area contributed by atoms with Gasteiger partial charge in [-0.1, -0.05) is 39.0 Å². The van der Waals surface area contributed by atoms with E-state index in [0.717, 1.165) is 11.8 Å². The molecule has 0 saturated carbocycles. The fraction of sp³-hybridized carbons (Fsp3) is 0.733. The van der Waals surface area contributed by atoms with E-state index in [-0.39, 0.29) is 10.9 Å². The van der Waals surface area contributed by atoms with Crippen molar-refractivity contribution in [3.63, 3.8) is 0 Å². The SMILES string of the molecule is CSC(=O)C(C)(C)CCC(C)B1OC(=O)C(CC(=O)O)(CC(=O)O)O1. The van der Waals surface area contributed by atoms with Gasteiger partial charge in [0.2, 0.25) is 0 Å². The van der Waals surface area contributed by atoms with Gasteiger partial charge in [-0.05, 0) is 12.7 Å². The smallest absolute Gasteiger partial charge is 0.507 e. The van der Waals surface area contributed by atoms with Crippen molar-refractivity contribution in [2.45, 2.75) is 57.9 Å². The van der Waals surface area contributed by atoms with Gasteiger partial charge in [-0.15, -0.1) is 0 Å². The highest BCUT2D eigenvalue weighted by Crippen LogP contribution is 2.38. The molecular weight excluding hydrogens is 351 g/mol. The van der Waals surface area contributed by atoms with Crippen LogP contribution in [0.1, 0.15) is 46.5 Å². The molecule has 1 rings (SSSR count). The third-order valence-corrected chi connectivity index (χ3v) is 5.16. The highest BCUT2D eigenvalue weighted by atomic mass is 32.2. The molecule has 0 aliphatic carbocycles. The minimum Gasteiger partial charge on any atom is -0.507 e. The summed E-state index contributed by atoms with van der Waals surface area (Å²) in [4.78, 5) is 46.0. The van der Waals surface area contributed by atoms with E-state index in [1.54, 1.807) is 13.2 Å². The minimum absolute atomic E-state index is 0.0372. The molecule has 1 fully saturated rings. The second kappa shape index (κ2) is 8.22. The van der Waals surface area contributed by atoms with Gasteiger partial charge in [-0.25, -0.2) is 0 Å². The number of carboxylic acid groups (broad SMARTS) is 2. The molecule has 0 spiro atoms. The minimum atomic E-state index is -2.01. The first-order valence-electron chi connectivity index (χ1n) is 7.84. The van der Waals surface area contributed by atoms with Gasteiger partial charge < -0.3 is 19.5 Å². The first kappa shape index (κ1) is 21.5. The Morgan fingerprint density at radius 1 is 1.24 bits per heavy atom. The largest absolute Gasteiger partial charge is 0.531 e. The van der Waals surface area contributed by atoms with Crippen molar-refractivity contribution >= 4 is 41.9 Å². The molecule has 140 valence electrons. The van der Waals surface area contributed by atoms with Gasteiger partial charge in [-0.3, -0.25) is 19.2 Å². The molecule has 1 saturated heterocycles. The quantitative estimate of drug-likeness (QED) is 0.581. The van der Waals surface area contributed by atoms with Crippen LogP contribution in [-0.4, -0.2) is 52.2 Å². The van der Waals surface area contributed by atoms with Crippen molar-refractivity contribution < 1.29 is 38.7 Å². The summed E-state index contributed by atoms with van der Waals surface area (Å²) in [6, 6.07) is 0. The second-order valence-electron chi connectivity index (χ2n) is 6.92. The molecule has 8 nitrogen and oxygen atoms in total. The van der Waals surface area contributed by atoms with Crippen LogP contribution in [0.2, 0.25) is 5.82 Å². The van der Waals surface area contributed by atoms with Gasteiger partial charge in [0.15, 0.2) is 10.7 Å². The first-order chi connectivity index (χ1) is 11.4. The van der Waals surface area contributed by atoms with E-state index in [2.05, 4.69) is 0 Å². The van der Waals surface area contributed by atoms with Crippen molar-refractivity contribution in [2.75, 3.05) is 6.26 Å². The summed E-state index contributed by atoms with van der Waals surface area (Å²) in [6.07, 6.45) is 1.17. The fourth-order valence-electron chi connectivity index (χ4n) is 2.62. The lowest BCUT2D eigenvalue weighted by molar-refractivity contribution is -0.157. The van der Waals surface area contributed by atoms with Crippen LogP contribution in [0.15, 0.2) is 0 Å². The summed E-state index contributed by atoms with van der Waals surface area (Å²) < 4.78 is 10.6. The van der Waals surface area contributed by atoms with Crippen LogP contribution in [0.3, 0.4) is 0 Å². The number of carbonyl (C=O) groups is 4. The lowest BCUT2D eigenvalue weighted by atomic mass is 9.68. The average molecular weight is 374 g/mol. The first-order valence-corrected chi connectivity index (χ1v) is 9.07. The summed E-state index contributed by atoms with van der Waals surface area (Å²) >= 11 is 1.14. The molecule has 1 heterocycles. The Morgan fingerprint density at radius 2 is 1.76 bits per heavy atom. The van der Waals surface area contributed by atoms with E-state index < -0.39 is 48.9 Å². The van der Waals surface area contributed by atoms with Crippen molar-refractivity contribution in [3.05, 3.63) is 0 Å². The van der Waals surface area contributed by atoms with Gasteiger partial charge in [0.05, 0.1) is 12.8 Å². The van der Waals surface area contributed by atoms with E-state index in [9.17, 15) is 19.2 Å². The standard InChI is InChI=1S/C15H23BO8S/c1-9(5-6-14(2,3)13(22)25-4)16-23-12(21)15(24-16,7-10(17)18)8-11(19)20/h9H,5-8H2,1-4H3,(H,17,18)(H,19,20). The van der Waals surface area contributed by atoms with E-state index in [1.807, 2.05) is 13.8 Å². The Morgan fingerprint density at radius 3 is 2.20 bits per heavy atom. The lowest BCUT2D eigenvalue weighted by Gasteiger charge is -2.24. The number of rotatable bonds is 9. The van der Waals surface area contributed by atoms with E-state index in [1.165, 1.54) is 0 Å². The van der Waals surface area contributed by atoms with Crippen molar-refractivity contribution in [1.29, 1.82) is 0 Å². The van der Waals surface area contributed by atoms with Crippen LogP contribution >= 0.6 is 11.8 Å².